The molecule has 2 heterocycles. The third-order valence-corrected chi connectivity index (χ3v) is 4.69. The van der Waals surface area contributed by atoms with Crippen molar-refractivity contribution in [3.63, 3.8) is 0 Å². The van der Waals surface area contributed by atoms with E-state index in [1.165, 1.54) is 11.1 Å². The van der Waals surface area contributed by atoms with Crippen molar-refractivity contribution < 1.29 is 0 Å². The molecule has 2 aromatic rings. The van der Waals surface area contributed by atoms with Crippen molar-refractivity contribution in [3.05, 3.63) is 38.3 Å². The molecule has 0 spiro atoms. The van der Waals surface area contributed by atoms with Gasteiger partial charge in [0.15, 0.2) is 0 Å². The lowest BCUT2D eigenvalue weighted by Crippen LogP contribution is -2.30. The molecule has 104 valence electrons. The van der Waals surface area contributed by atoms with Crippen molar-refractivity contribution in [1.29, 1.82) is 0 Å². The Bertz CT molecular complexity index is 561. The van der Waals surface area contributed by atoms with Crippen LogP contribution in [0.1, 0.15) is 35.5 Å². The highest BCUT2D eigenvalue weighted by atomic mass is 35.5. The molecule has 0 bridgehead atoms. The molecule has 1 unspecified atom stereocenters. The molecule has 1 atom stereocenters. The van der Waals surface area contributed by atoms with E-state index in [1.807, 2.05) is 11.7 Å². The standard InChI is InChI=1S/C13H19ClN4S/c1-4-10-13(14)12(18(3)17-10)5-11(16-15)9-7-19-6-8(9)2/h6-7,11,16H,4-5,15H2,1-3H3. The molecule has 0 radical (unpaired) electrons. The summed E-state index contributed by atoms with van der Waals surface area (Å²) in [5, 5.41) is 9.46. The number of hydrazine groups is 1. The van der Waals surface area contributed by atoms with Gasteiger partial charge in [0.25, 0.3) is 0 Å². The maximum absolute atomic E-state index is 6.38. The average molecular weight is 299 g/mol. The van der Waals surface area contributed by atoms with Crippen molar-refractivity contribution >= 4 is 22.9 Å². The van der Waals surface area contributed by atoms with Crippen LogP contribution in [0.25, 0.3) is 0 Å². The van der Waals surface area contributed by atoms with Crippen LogP contribution < -0.4 is 11.3 Å². The van der Waals surface area contributed by atoms with Crippen molar-refractivity contribution in [2.75, 3.05) is 0 Å². The van der Waals surface area contributed by atoms with Crippen LogP contribution in [-0.2, 0) is 19.9 Å². The first-order valence-corrected chi connectivity index (χ1v) is 7.59. The molecule has 19 heavy (non-hydrogen) atoms. The molecule has 0 saturated carbocycles. The molecule has 4 nitrogen and oxygen atoms in total. The summed E-state index contributed by atoms with van der Waals surface area (Å²) in [6, 6.07) is 0.0591. The Balaban J connectivity index is 2.29. The number of aryl methyl sites for hydroxylation is 3. The van der Waals surface area contributed by atoms with E-state index >= 15 is 0 Å². The summed E-state index contributed by atoms with van der Waals surface area (Å²) in [5.41, 5.74) is 7.32. The number of halogens is 1. The SMILES string of the molecule is CCc1nn(C)c(CC(NN)c2cscc2C)c1Cl. The molecule has 0 aliphatic rings. The summed E-state index contributed by atoms with van der Waals surface area (Å²) >= 11 is 8.07. The molecule has 2 rings (SSSR count). The Labute approximate surface area is 122 Å². The van der Waals surface area contributed by atoms with E-state index in [9.17, 15) is 0 Å². The molecular weight excluding hydrogens is 280 g/mol. The zero-order valence-corrected chi connectivity index (χ0v) is 13.0. The van der Waals surface area contributed by atoms with Gasteiger partial charge in [-0.3, -0.25) is 16.0 Å². The Morgan fingerprint density at radius 3 is 2.74 bits per heavy atom. The predicted molar refractivity (Wildman–Crippen MR) is 80.4 cm³/mol. The number of hydrogen-bond donors (Lipinski definition) is 2. The van der Waals surface area contributed by atoms with Gasteiger partial charge in [-0.25, -0.2) is 0 Å². The maximum Gasteiger partial charge on any atom is 0.0850 e. The summed E-state index contributed by atoms with van der Waals surface area (Å²) in [5.74, 6) is 5.70. The van der Waals surface area contributed by atoms with Gasteiger partial charge in [-0.15, -0.1) is 0 Å². The van der Waals surface area contributed by atoms with Crippen LogP contribution in [0, 0.1) is 6.92 Å². The minimum Gasteiger partial charge on any atom is -0.271 e. The predicted octanol–water partition coefficient (Wildman–Crippen LogP) is 2.75. The molecule has 0 fully saturated rings. The smallest absolute Gasteiger partial charge is 0.0850 e. The highest BCUT2D eigenvalue weighted by Crippen LogP contribution is 2.28. The Morgan fingerprint density at radius 1 is 1.53 bits per heavy atom. The summed E-state index contributed by atoms with van der Waals surface area (Å²) < 4.78 is 1.85. The van der Waals surface area contributed by atoms with E-state index < -0.39 is 0 Å². The number of rotatable bonds is 5. The van der Waals surface area contributed by atoms with E-state index in [0.29, 0.717) is 0 Å². The fraction of sp³-hybridized carbons (Fsp3) is 0.462. The first-order valence-electron chi connectivity index (χ1n) is 6.27. The third-order valence-electron chi connectivity index (χ3n) is 3.37. The van der Waals surface area contributed by atoms with Gasteiger partial charge in [0.05, 0.1) is 22.5 Å². The van der Waals surface area contributed by atoms with Gasteiger partial charge in [0.2, 0.25) is 0 Å². The van der Waals surface area contributed by atoms with Crippen LogP contribution in [0.4, 0.5) is 0 Å². The van der Waals surface area contributed by atoms with E-state index in [-0.39, 0.29) is 6.04 Å². The number of nitrogens with two attached hydrogens (primary N) is 1. The van der Waals surface area contributed by atoms with Crippen LogP contribution >= 0.6 is 22.9 Å². The fourth-order valence-electron chi connectivity index (χ4n) is 2.22. The van der Waals surface area contributed by atoms with E-state index in [4.69, 9.17) is 17.4 Å². The minimum atomic E-state index is 0.0591. The molecule has 2 aromatic heterocycles. The topological polar surface area (TPSA) is 55.9 Å². The summed E-state index contributed by atoms with van der Waals surface area (Å²) in [6.07, 6.45) is 1.57. The van der Waals surface area contributed by atoms with Gasteiger partial charge in [-0.05, 0) is 35.2 Å². The van der Waals surface area contributed by atoms with Gasteiger partial charge in [-0.2, -0.15) is 16.4 Å². The maximum atomic E-state index is 6.38. The van der Waals surface area contributed by atoms with Gasteiger partial charge in [-0.1, -0.05) is 18.5 Å². The van der Waals surface area contributed by atoms with E-state index in [0.717, 1.165) is 29.3 Å². The van der Waals surface area contributed by atoms with Crippen molar-refractivity contribution in [2.24, 2.45) is 12.9 Å². The van der Waals surface area contributed by atoms with Crippen LogP contribution in [-0.4, -0.2) is 9.78 Å². The van der Waals surface area contributed by atoms with Crippen LogP contribution in [0.15, 0.2) is 10.8 Å². The molecule has 0 saturated heterocycles. The minimum absolute atomic E-state index is 0.0591. The lowest BCUT2D eigenvalue weighted by atomic mass is 10.0. The number of nitrogens with one attached hydrogen (secondary N) is 1. The number of nitrogens with zero attached hydrogens (tertiary/aromatic N) is 2. The van der Waals surface area contributed by atoms with Gasteiger partial charge >= 0.3 is 0 Å². The van der Waals surface area contributed by atoms with Crippen LogP contribution in [0.3, 0.4) is 0 Å². The summed E-state index contributed by atoms with van der Waals surface area (Å²) in [7, 11) is 1.93. The average Bonchev–Trinajstić information content (AvgIpc) is 2.93. The van der Waals surface area contributed by atoms with Gasteiger partial charge < -0.3 is 0 Å². The second kappa shape index (κ2) is 6.05. The second-order valence-corrected chi connectivity index (χ2v) is 5.74. The third kappa shape index (κ3) is 2.84. The second-order valence-electron chi connectivity index (χ2n) is 4.62. The lowest BCUT2D eigenvalue weighted by molar-refractivity contribution is 0.529. The Hall–Kier alpha value is -0.880. The van der Waals surface area contributed by atoms with Gasteiger partial charge in [0.1, 0.15) is 0 Å². The molecule has 0 aromatic carbocycles. The lowest BCUT2D eigenvalue weighted by Gasteiger charge is -2.16. The van der Waals surface area contributed by atoms with Crippen molar-refractivity contribution in [2.45, 2.75) is 32.7 Å². The normalized spacial score (nSPS) is 12.9. The highest BCUT2D eigenvalue weighted by molar-refractivity contribution is 7.08. The highest BCUT2D eigenvalue weighted by Gasteiger charge is 2.20. The van der Waals surface area contributed by atoms with Crippen molar-refractivity contribution in [3.8, 4) is 0 Å². The molecular formula is C13H19ClN4S. The Morgan fingerprint density at radius 2 is 2.26 bits per heavy atom. The fourth-order valence-corrected chi connectivity index (χ4v) is 3.50. The number of aromatic nitrogens is 2. The number of thiophene rings is 1. The first kappa shape index (κ1) is 14.5. The molecule has 0 aliphatic carbocycles. The van der Waals surface area contributed by atoms with E-state index in [2.05, 4.69) is 35.1 Å². The zero-order chi connectivity index (χ0) is 14.0. The number of hydrogen-bond acceptors (Lipinski definition) is 4. The van der Waals surface area contributed by atoms with Gasteiger partial charge in [0, 0.05) is 13.5 Å². The molecule has 0 aliphatic heterocycles. The Kier molecular flexibility index (Phi) is 4.62. The molecule has 0 amide bonds. The van der Waals surface area contributed by atoms with Crippen LogP contribution in [0.2, 0.25) is 5.02 Å². The summed E-state index contributed by atoms with van der Waals surface area (Å²) in [6.45, 7) is 4.15. The molecule has 3 N–H and O–H groups in total. The quantitative estimate of drug-likeness (QED) is 0.659. The van der Waals surface area contributed by atoms with Crippen molar-refractivity contribution in [1.82, 2.24) is 15.2 Å². The van der Waals surface area contributed by atoms with E-state index in [1.54, 1.807) is 11.3 Å². The molecule has 6 heteroatoms. The monoisotopic (exact) mass is 298 g/mol. The first-order chi connectivity index (χ1) is 9.08. The summed E-state index contributed by atoms with van der Waals surface area (Å²) in [4.78, 5) is 0. The largest absolute Gasteiger partial charge is 0.271 e. The van der Waals surface area contributed by atoms with Crippen LogP contribution in [0.5, 0.6) is 0 Å². The zero-order valence-electron chi connectivity index (χ0n) is 11.4.